The Morgan fingerprint density at radius 2 is 1.63 bits per heavy atom. The third-order valence-electron chi connectivity index (χ3n) is 4.66. The number of amides is 1. The first-order valence-electron chi connectivity index (χ1n) is 8.82. The summed E-state index contributed by atoms with van der Waals surface area (Å²) in [6.45, 7) is 2.28. The molecule has 1 aliphatic rings. The second kappa shape index (κ2) is 7.41. The van der Waals surface area contributed by atoms with Gasteiger partial charge in [0.2, 0.25) is 5.95 Å². The van der Waals surface area contributed by atoms with Crippen molar-refractivity contribution in [3.63, 3.8) is 0 Å². The lowest BCUT2D eigenvalue weighted by Gasteiger charge is -2.34. The summed E-state index contributed by atoms with van der Waals surface area (Å²) in [5, 5.41) is 0. The monoisotopic (exact) mass is 361 g/mol. The Labute approximate surface area is 156 Å². The number of nitrogens with zero attached hydrogens (tertiary/aromatic N) is 4. The zero-order valence-corrected chi connectivity index (χ0v) is 14.7. The Balaban J connectivity index is 1.57. The smallest absolute Gasteiger partial charge is 0.261 e. The first kappa shape index (κ1) is 17.0. The van der Waals surface area contributed by atoms with Crippen molar-refractivity contribution in [2.45, 2.75) is 0 Å². The van der Waals surface area contributed by atoms with Gasteiger partial charge in [-0.1, -0.05) is 30.3 Å². The van der Waals surface area contributed by atoms with E-state index in [0.717, 1.165) is 5.56 Å². The molecular formula is C20H19N5O2. The summed E-state index contributed by atoms with van der Waals surface area (Å²) in [7, 11) is 0. The van der Waals surface area contributed by atoms with Crippen LogP contribution in [0.15, 0.2) is 65.8 Å². The van der Waals surface area contributed by atoms with Crippen LogP contribution in [0, 0.1) is 0 Å². The van der Waals surface area contributed by atoms with Crippen molar-refractivity contribution in [2.75, 3.05) is 31.1 Å². The van der Waals surface area contributed by atoms with Crippen LogP contribution in [0.2, 0.25) is 0 Å². The highest BCUT2D eigenvalue weighted by Gasteiger charge is 2.27. The number of aromatic amines is 1. The van der Waals surface area contributed by atoms with E-state index < -0.39 is 0 Å². The molecule has 2 aromatic heterocycles. The molecule has 0 saturated carbocycles. The molecule has 1 saturated heterocycles. The number of benzene rings is 1. The second-order valence-electron chi connectivity index (χ2n) is 6.29. The normalized spacial score (nSPS) is 14.2. The highest BCUT2D eigenvalue weighted by molar-refractivity contribution is 6.00. The lowest BCUT2D eigenvalue weighted by Crippen LogP contribution is -2.50. The Kier molecular flexibility index (Phi) is 4.65. The van der Waals surface area contributed by atoms with E-state index in [1.54, 1.807) is 35.6 Å². The van der Waals surface area contributed by atoms with Crippen LogP contribution in [0.3, 0.4) is 0 Å². The van der Waals surface area contributed by atoms with Crippen LogP contribution in [0.5, 0.6) is 0 Å². The van der Waals surface area contributed by atoms with E-state index in [4.69, 9.17) is 0 Å². The summed E-state index contributed by atoms with van der Waals surface area (Å²) < 4.78 is 0. The third-order valence-corrected chi connectivity index (χ3v) is 4.66. The molecule has 1 amide bonds. The Hall–Kier alpha value is -3.48. The molecule has 0 bridgehead atoms. The zero-order valence-electron chi connectivity index (χ0n) is 14.7. The second-order valence-corrected chi connectivity index (χ2v) is 6.29. The molecule has 3 aromatic rings. The molecule has 3 heterocycles. The molecule has 0 radical (unpaired) electrons. The van der Waals surface area contributed by atoms with Crippen LogP contribution >= 0.6 is 0 Å². The molecule has 7 heteroatoms. The van der Waals surface area contributed by atoms with Gasteiger partial charge in [0.25, 0.3) is 11.5 Å². The van der Waals surface area contributed by atoms with Crippen molar-refractivity contribution >= 4 is 11.9 Å². The van der Waals surface area contributed by atoms with Crippen molar-refractivity contribution in [1.29, 1.82) is 0 Å². The Bertz CT molecular complexity index is 980. The predicted octanol–water partition coefficient (Wildman–Crippen LogP) is 1.79. The first-order valence-corrected chi connectivity index (χ1v) is 8.82. The minimum Gasteiger partial charge on any atom is -0.337 e. The van der Waals surface area contributed by atoms with Crippen LogP contribution in [0.1, 0.15) is 10.4 Å². The third kappa shape index (κ3) is 3.44. The standard InChI is InChI=1S/C20H19N5O2/c26-18-17(16(7-10-21-18)15-5-2-1-3-6-15)19(27)24-11-13-25(14-12-24)20-22-8-4-9-23-20/h1-10H,11-14H2,(H,21,26). The lowest BCUT2D eigenvalue weighted by molar-refractivity contribution is 0.0745. The van der Waals surface area contributed by atoms with E-state index in [9.17, 15) is 9.59 Å². The van der Waals surface area contributed by atoms with Crippen LogP contribution in [0.25, 0.3) is 11.1 Å². The van der Waals surface area contributed by atoms with Crippen molar-refractivity contribution in [2.24, 2.45) is 0 Å². The molecule has 0 unspecified atom stereocenters. The van der Waals surface area contributed by atoms with Gasteiger partial charge in [0.15, 0.2) is 0 Å². The summed E-state index contributed by atoms with van der Waals surface area (Å²) in [6, 6.07) is 13.0. The van der Waals surface area contributed by atoms with E-state index in [1.807, 2.05) is 35.2 Å². The minimum atomic E-state index is -0.366. The molecule has 4 rings (SSSR count). The summed E-state index contributed by atoms with van der Waals surface area (Å²) in [5.74, 6) is 0.413. The number of rotatable bonds is 3. The number of carbonyl (C=O) groups excluding carboxylic acids is 1. The fourth-order valence-corrected chi connectivity index (χ4v) is 3.27. The van der Waals surface area contributed by atoms with E-state index >= 15 is 0 Å². The van der Waals surface area contributed by atoms with Crippen molar-refractivity contribution in [1.82, 2.24) is 19.9 Å². The molecule has 136 valence electrons. The zero-order chi connectivity index (χ0) is 18.6. The summed E-state index contributed by atoms with van der Waals surface area (Å²) in [4.78, 5) is 40.5. The summed E-state index contributed by atoms with van der Waals surface area (Å²) >= 11 is 0. The average molecular weight is 361 g/mol. The summed E-state index contributed by atoms with van der Waals surface area (Å²) in [5.41, 5.74) is 1.32. The topological polar surface area (TPSA) is 82.2 Å². The molecule has 0 spiro atoms. The van der Waals surface area contributed by atoms with Gasteiger partial charge in [-0.3, -0.25) is 9.59 Å². The molecular weight excluding hydrogens is 342 g/mol. The van der Waals surface area contributed by atoms with E-state index in [0.29, 0.717) is 37.7 Å². The average Bonchev–Trinajstić information content (AvgIpc) is 2.74. The predicted molar refractivity (Wildman–Crippen MR) is 103 cm³/mol. The number of piperazine rings is 1. The molecule has 7 nitrogen and oxygen atoms in total. The quantitative estimate of drug-likeness (QED) is 0.769. The number of aromatic nitrogens is 3. The van der Waals surface area contributed by atoms with Gasteiger partial charge in [-0.2, -0.15) is 0 Å². The number of hydrogen-bond acceptors (Lipinski definition) is 5. The minimum absolute atomic E-state index is 0.188. The van der Waals surface area contributed by atoms with E-state index in [-0.39, 0.29) is 17.0 Å². The molecule has 0 aliphatic carbocycles. The van der Waals surface area contributed by atoms with Crippen LogP contribution < -0.4 is 10.5 Å². The van der Waals surface area contributed by atoms with Gasteiger partial charge in [0.1, 0.15) is 5.56 Å². The molecule has 0 atom stereocenters. The Morgan fingerprint density at radius 3 is 2.33 bits per heavy atom. The van der Waals surface area contributed by atoms with Gasteiger partial charge in [-0.05, 0) is 17.7 Å². The molecule has 1 aromatic carbocycles. The maximum Gasteiger partial charge on any atom is 0.261 e. The van der Waals surface area contributed by atoms with Crippen molar-refractivity contribution in [3.8, 4) is 11.1 Å². The fourth-order valence-electron chi connectivity index (χ4n) is 3.27. The molecule has 1 fully saturated rings. The van der Waals surface area contributed by atoms with Crippen LogP contribution in [0.4, 0.5) is 5.95 Å². The number of nitrogens with one attached hydrogen (secondary N) is 1. The van der Waals surface area contributed by atoms with E-state index in [1.165, 1.54) is 0 Å². The van der Waals surface area contributed by atoms with Gasteiger partial charge in [0.05, 0.1) is 0 Å². The highest BCUT2D eigenvalue weighted by Crippen LogP contribution is 2.22. The number of pyridine rings is 1. The molecule has 1 N–H and O–H groups in total. The largest absolute Gasteiger partial charge is 0.337 e. The number of anilines is 1. The fraction of sp³-hybridized carbons (Fsp3) is 0.200. The number of hydrogen-bond donors (Lipinski definition) is 1. The van der Waals surface area contributed by atoms with Crippen LogP contribution in [-0.4, -0.2) is 51.9 Å². The van der Waals surface area contributed by atoms with Gasteiger partial charge >= 0.3 is 0 Å². The van der Waals surface area contributed by atoms with E-state index in [2.05, 4.69) is 15.0 Å². The molecule has 27 heavy (non-hydrogen) atoms. The SMILES string of the molecule is O=C(c1c(-c2ccccc2)cc[nH]c1=O)N1CCN(c2ncccn2)CC1. The van der Waals surface area contributed by atoms with Gasteiger partial charge < -0.3 is 14.8 Å². The highest BCUT2D eigenvalue weighted by atomic mass is 16.2. The maximum absolute atomic E-state index is 13.1. The van der Waals surface area contributed by atoms with Crippen molar-refractivity contribution < 1.29 is 4.79 Å². The van der Waals surface area contributed by atoms with Gasteiger partial charge in [-0.25, -0.2) is 9.97 Å². The van der Waals surface area contributed by atoms with Gasteiger partial charge in [-0.15, -0.1) is 0 Å². The number of H-pyrrole nitrogens is 1. The van der Waals surface area contributed by atoms with Gasteiger partial charge in [0, 0.05) is 50.3 Å². The summed E-state index contributed by atoms with van der Waals surface area (Å²) in [6.07, 6.45) is 4.98. The number of carbonyl (C=O) groups is 1. The Morgan fingerprint density at radius 1 is 0.926 bits per heavy atom. The molecule has 1 aliphatic heterocycles. The van der Waals surface area contributed by atoms with Crippen LogP contribution in [-0.2, 0) is 0 Å². The first-order chi connectivity index (χ1) is 13.2. The van der Waals surface area contributed by atoms with Crippen molar-refractivity contribution in [3.05, 3.63) is 77.0 Å². The lowest BCUT2D eigenvalue weighted by atomic mass is 10.0. The maximum atomic E-state index is 13.1.